The Bertz CT molecular complexity index is 213. The van der Waals surface area contributed by atoms with Crippen LogP contribution < -0.4 is 0 Å². The molecular weight excluding hydrogens is 160 g/mol. The zero-order valence-electron chi connectivity index (χ0n) is 8.42. The molecule has 1 aliphatic rings. The van der Waals surface area contributed by atoms with E-state index < -0.39 is 0 Å². The summed E-state index contributed by atoms with van der Waals surface area (Å²) >= 11 is 0. The molecule has 0 amide bonds. The van der Waals surface area contributed by atoms with Crippen LogP contribution in [0.5, 0.6) is 0 Å². The average molecular weight is 178 g/mol. The standard InChI is InChI=1S/C11H18N2/c1-2-3-4-7-13-8-5-11(10-12)6-9-13/h5H,2-4,6-9H2,1H3. The Morgan fingerprint density at radius 2 is 2.38 bits per heavy atom. The Morgan fingerprint density at radius 1 is 1.54 bits per heavy atom. The van der Waals surface area contributed by atoms with Gasteiger partial charge < -0.3 is 0 Å². The second-order valence-electron chi connectivity index (χ2n) is 3.60. The Hall–Kier alpha value is -0.810. The molecule has 0 N–H and O–H groups in total. The zero-order valence-corrected chi connectivity index (χ0v) is 8.42. The third-order valence-electron chi connectivity index (χ3n) is 2.51. The van der Waals surface area contributed by atoms with Crippen molar-refractivity contribution in [3.63, 3.8) is 0 Å². The van der Waals surface area contributed by atoms with Crippen molar-refractivity contribution in [3.05, 3.63) is 11.6 Å². The summed E-state index contributed by atoms with van der Waals surface area (Å²) in [5, 5.41) is 8.65. The predicted octanol–water partition coefficient (Wildman–Crippen LogP) is 2.33. The predicted molar refractivity (Wildman–Crippen MR) is 54.3 cm³/mol. The van der Waals surface area contributed by atoms with Crippen LogP contribution in [-0.4, -0.2) is 24.5 Å². The molecule has 72 valence electrons. The maximum absolute atomic E-state index is 8.65. The largest absolute Gasteiger partial charge is 0.299 e. The number of hydrogen-bond acceptors (Lipinski definition) is 2. The van der Waals surface area contributed by atoms with E-state index >= 15 is 0 Å². The molecule has 0 saturated heterocycles. The summed E-state index contributed by atoms with van der Waals surface area (Å²) in [5.74, 6) is 0. The van der Waals surface area contributed by atoms with E-state index in [0.29, 0.717) is 0 Å². The van der Waals surface area contributed by atoms with Gasteiger partial charge in [0.25, 0.3) is 0 Å². The van der Waals surface area contributed by atoms with Crippen molar-refractivity contribution in [2.45, 2.75) is 32.6 Å². The average Bonchev–Trinajstić information content (AvgIpc) is 2.19. The molecule has 1 rings (SSSR count). The van der Waals surface area contributed by atoms with Gasteiger partial charge in [-0.05, 0) is 19.4 Å². The van der Waals surface area contributed by atoms with Gasteiger partial charge in [-0.25, -0.2) is 0 Å². The van der Waals surface area contributed by atoms with E-state index in [2.05, 4.69) is 24.0 Å². The maximum atomic E-state index is 8.65. The van der Waals surface area contributed by atoms with Crippen molar-refractivity contribution in [3.8, 4) is 6.07 Å². The first-order chi connectivity index (χ1) is 6.36. The van der Waals surface area contributed by atoms with Crippen molar-refractivity contribution < 1.29 is 0 Å². The molecule has 0 spiro atoms. The lowest BCUT2D eigenvalue weighted by molar-refractivity contribution is 0.289. The van der Waals surface area contributed by atoms with E-state index in [1.165, 1.54) is 25.8 Å². The summed E-state index contributed by atoms with van der Waals surface area (Å²) in [5.41, 5.74) is 0.965. The van der Waals surface area contributed by atoms with E-state index in [0.717, 1.165) is 25.1 Å². The normalized spacial score (nSPS) is 18.0. The van der Waals surface area contributed by atoms with Crippen LogP contribution in [0.1, 0.15) is 32.6 Å². The first-order valence-electron chi connectivity index (χ1n) is 5.18. The number of unbranched alkanes of at least 4 members (excludes halogenated alkanes) is 2. The molecule has 1 heterocycles. The van der Waals surface area contributed by atoms with E-state index in [-0.39, 0.29) is 0 Å². The molecule has 2 heteroatoms. The third-order valence-corrected chi connectivity index (χ3v) is 2.51. The van der Waals surface area contributed by atoms with Crippen LogP contribution in [0, 0.1) is 11.3 Å². The zero-order chi connectivity index (χ0) is 9.52. The third kappa shape index (κ3) is 3.61. The highest BCUT2D eigenvalue weighted by Crippen LogP contribution is 2.10. The van der Waals surface area contributed by atoms with Gasteiger partial charge in [0.15, 0.2) is 0 Å². The molecule has 0 aromatic heterocycles. The highest BCUT2D eigenvalue weighted by atomic mass is 15.1. The van der Waals surface area contributed by atoms with E-state index in [4.69, 9.17) is 5.26 Å². The number of hydrogen-bond donors (Lipinski definition) is 0. The molecule has 13 heavy (non-hydrogen) atoms. The van der Waals surface area contributed by atoms with Gasteiger partial charge >= 0.3 is 0 Å². The molecule has 0 aliphatic carbocycles. The topological polar surface area (TPSA) is 27.0 Å². The quantitative estimate of drug-likeness (QED) is 0.618. The summed E-state index contributed by atoms with van der Waals surface area (Å²) in [6.07, 6.45) is 6.92. The van der Waals surface area contributed by atoms with Gasteiger partial charge in [-0.2, -0.15) is 5.26 Å². The maximum Gasteiger partial charge on any atom is 0.0944 e. The summed E-state index contributed by atoms with van der Waals surface area (Å²) in [6.45, 7) is 5.47. The van der Waals surface area contributed by atoms with Crippen LogP contribution in [-0.2, 0) is 0 Å². The van der Waals surface area contributed by atoms with Crippen molar-refractivity contribution in [2.24, 2.45) is 0 Å². The first kappa shape index (κ1) is 10.3. The molecule has 0 aromatic rings. The smallest absolute Gasteiger partial charge is 0.0944 e. The number of nitriles is 1. The van der Waals surface area contributed by atoms with Crippen LogP contribution in [0.2, 0.25) is 0 Å². The highest BCUT2D eigenvalue weighted by Gasteiger charge is 2.09. The Kier molecular flexibility index (Phi) is 4.56. The summed E-state index contributed by atoms with van der Waals surface area (Å²) in [4.78, 5) is 2.43. The Morgan fingerprint density at radius 3 is 2.92 bits per heavy atom. The monoisotopic (exact) mass is 178 g/mol. The van der Waals surface area contributed by atoms with Gasteiger partial charge in [-0.15, -0.1) is 0 Å². The van der Waals surface area contributed by atoms with E-state index in [9.17, 15) is 0 Å². The van der Waals surface area contributed by atoms with Crippen molar-refractivity contribution in [1.29, 1.82) is 5.26 Å². The number of nitrogens with zero attached hydrogens (tertiary/aromatic N) is 2. The van der Waals surface area contributed by atoms with Crippen molar-refractivity contribution >= 4 is 0 Å². The summed E-state index contributed by atoms with van der Waals surface area (Å²) in [7, 11) is 0. The van der Waals surface area contributed by atoms with Crippen molar-refractivity contribution in [2.75, 3.05) is 19.6 Å². The van der Waals surface area contributed by atoms with Gasteiger partial charge in [-0.3, -0.25) is 4.90 Å². The molecule has 0 radical (unpaired) electrons. The minimum absolute atomic E-state index is 0.947. The minimum Gasteiger partial charge on any atom is -0.299 e. The first-order valence-corrected chi connectivity index (χ1v) is 5.18. The summed E-state index contributed by atoms with van der Waals surface area (Å²) in [6, 6.07) is 2.23. The second kappa shape index (κ2) is 5.77. The highest BCUT2D eigenvalue weighted by molar-refractivity contribution is 5.22. The fraction of sp³-hybridized carbons (Fsp3) is 0.727. The molecule has 2 nitrogen and oxygen atoms in total. The Labute approximate surface area is 80.8 Å². The fourth-order valence-corrected chi connectivity index (χ4v) is 1.60. The molecule has 0 bridgehead atoms. The Balaban J connectivity index is 2.19. The van der Waals surface area contributed by atoms with Crippen LogP contribution in [0.4, 0.5) is 0 Å². The SMILES string of the molecule is CCCCCN1CC=C(C#N)CC1. The van der Waals surface area contributed by atoms with Crippen LogP contribution in [0.15, 0.2) is 11.6 Å². The molecule has 0 saturated carbocycles. The lowest BCUT2D eigenvalue weighted by atomic mass is 10.1. The van der Waals surface area contributed by atoms with Gasteiger partial charge in [0.05, 0.1) is 6.07 Å². The molecule has 0 unspecified atom stereocenters. The van der Waals surface area contributed by atoms with Crippen molar-refractivity contribution in [1.82, 2.24) is 4.90 Å². The lowest BCUT2D eigenvalue weighted by Gasteiger charge is -2.23. The number of rotatable bonds is 4. The van der Waals surface area contributed by atoms with E-state index in [1.807, 2.05) is 0 Å². The van der Waals surface area contributed by atoms with Gasteiger partial charge in [-0.1, -0.05) is 25.8 Å². The van der Waals surface area contributed by atoms with Crippen LogP contribution >= 0.6 is 0 Å². The van der Waals surface area contributed by atoms with Crippen LogP contribution in [0.25, 0.3) is 0 Å². The molecular formula is C11H18N2. The lowest BCUT2D eigenvalue weighted by Crippen LogP contribution is -2.29. The summed E-state index contributed by atoms with van der Waals surface area (Å²) < 4.78 is 0. The van der Waals surface area contributed by atoms with Crippen LogP contribution in [0.3, 0.4) is 0 Å². The molecule has 0 atom stereocenters. The fourth-order valence-electron chi connectivity index (χ4n) is 1.60. The molecule has 0 fully saturated rings. The molecule has 1 aliphatic heterocycles. The minimum atomic E-state index is 0.947. The van der Waals surface area contributed by atoms with Gasteiger partial charge in [0, 0.05) is 18.7 Å². The molecule has 0 aromatic carbocycles. The van der Waals surface area contributed by atoms with Gasteiger partial charge in [0.2, 0.25) is 0 Å². The second-order valence-corrected chi connectivity index (χ2v) is 3.60. The van der Waals surface area contributed by atoms with Gasteiger partial charge in [0.1, 0.15) is 0 Å². The van der Waals surface area contributed by atoms with E-state index in [1.54, 1.807) is 0 Å².